The third kappa shape index (κ3) is 3.07. The molecule has 1 amide bonds. The van der Waals surface area contributed by atoms with Gasteiger partial charge in [-0.3, -0.25) is 9.78 Å². The van der Waals surface area contributed by atoms with E-state index in [0.717, 1.165) is 18.4 Å². The van der Waals surface area contributed by atoms with E-state index in [2.05, 4.69) is 15.3 Å². The molecule has 1 aliphatic carbocycles. The van der Waals surface area contributed by atoms with Crippen LogP contribution >= 0.6 is 0 Å². The summed E-state index contributed by atoms with van der Waals surface area (Å²) < 4.78 is 1.75. The van der Waals surface area contributed by atoms with Crippen LogP contribution in [0.5, 0.6) is 0 Å². The van der Waals surface area contributed by atoms with Gasteiger partial charge >= 0.3 is 0 Å². The molecule has 6 heteroatoms. The van der Waals surface area contributed by atoms with Gasteiger partial charge in [0.15, 0.2) is 11.8 Å². The van der Waals surface area contributed by atoms with Crippen molar-refractivity contribution in [3.63, 3.8) is 0 Å². The normalized spacial score (nSPS) is 15.8. The lowest BCUT2D eigenvalue weighted by Gasteiger charge is -2.17. The molecule has 1 aliphatic rings. The number of hydrogen-bond donors (Lipinski definition) is 2. The van der Waals surface area contributed by atoms with Crippen LogP contribution in [-0.4, -0.2) is 25.4 Å². The molecule has 0 bridgehead atoms. The van der Waals surface area contributed by atoms with Gasteiger partial charge in [0, 0.05) is 12.4 Å². The number of imidazole rings is 1. The summed E-state index contributed by atoms with van der Waals surface area (Å²) in [7, 11) is 0. The summed E-state index contributed by atoms with van der Waals surface area (Å²) in [5, 5.41) is 14.0. The number of nitrogens with zero attached hydrogens (tertiary/aromatic N) is 3. The summed E-state index contributed by atoms with van der Waals surface area (Å²) in [6.45, 7) is 0. The van der Waals surface area contributed by atoms with Gasteiger partial charge in [-0.15, -0.1) is 0 Å². The Kier molecular flexibility index (Phi) is 4.14. The van der Waals surface area contributed by atoms with Crippen LogP contribution in [0.2, 0.25) is 0 Å². The standard InChI is InChI=1S/C23H20N4O2/c28-20(17-10-4-6-14-24-17)21-25-19(18-11-5-7-15-27(18)21)22(29)26-23(12-13-23)16-8-2-1-3-9-16/h1-11,14-15,20,28H,12-13H2,(H,26,29). The Hall–Kier alpha value is -3.51. The van der Waals surface area contributed by atoms with E-state index in [4.69, 9.17) is 0 Å². The SMILES string of the molecule is O=C(NC1(c2ccccc2)CC1)c1nc(C(O)c2ccccn2)n2ccccc12. The van der Waals surface area contributed by atoms with Crippen LogP contribution in [0.15, 0.2) is 79.1 Å². The second-order valence-electron chi connectivity index (χ2n) is 7.33. The average Bonchev–Trinajstić information content (AvgIpc) is 3.46. The van der Waals surface area contributed by atoms with Crippen LogP contribution in [-0.2, 0) is 5.54 Å². The Labute approximate surface area is 167 Å². The maximum Gasteiger partial charge on any atom is 0.272 e. The van der Waals surface area contributed by atoms with E-state index in [1.165, 1.54) is 0 Å². The number of fused-ring (bicyclic) bond motifs is 1. The minimum Gasteiger partial charge on any atom is -0.379 e. The van der Waals surface area contributed by atoms with Gasteiger partial charge in [-0.05, 0) is 42.7 Å². The van der Waals surface area contributed by atoms with Crippen molar-refractivity contribution in [2.75, 3.05) is 0 Å². The number of amides is 1. The molecule has 6 nitrogen and oxygen atoms in total. The highest BCUT2D eigenvalue weighted by Gasteiger charge is 2.46. The number of aromatic nitrogens is 3. The van der Waals surface area contributed by atoms with E-state index < -0.39 is 6.10 Å². The van der Waals surface area contributed by atoms with E-state index >= 15 is 0 Å². The van der Waals surface area contributed by atoms with Crippen molar-refractivity contribution in [1.82, 2.24) is 19.7 Å². The summed E-state index contributed by atoms with van der Waals surface area (Å²) in [4.78, 5) is 21.9. The maximum absolute atomic E-state index is 13.2. The largest absolute Gasteiger partial charge is 0.379 e. The molecule has 1 unspecified atom stereocenters. The second-order valence-corrected chi connectivity index (χ2v) is 7.33. The molecular formula is C23H20N4O2. The Balaban J connectivity index is 1.52. The lowest BCUT2D eigenvalue weighted by Crippen LogP contribution is -2.35. The van der Waals surface area contributed by atoms with Crippen LogP contribution in [0.3, 0.4) is 0 Å². The van der Waals surface area contributed by atoms with E-state index in [0.29, 0.717) is 22.7 Å². The van der Waals surface area contributed by atoms with Gasteiger partial charge in [0.05, 0.1) is 16.7 Å². The first-order valence-electron chi connectivity index (χ1n) is 9.62. The molecule has 0 aliphatic heterocycles. The zero-order valence-corrected chi connectivity index (χ0v) is 15.7. The number of hydrogen-bond acceptors (Lipinski definition) is 4. The van der Waals surface area contributed by atoms with Gasteiger partial charge in [-0.2, -0.15) is 0 Å². The molecule has 5 rings (SSSR count). The fraction of sp³-hybridized carbons (Fsp3) is 0.174. The summed E-state index contributed by atoms with van der Waals surface area (Å²) in [5.41, 5.74) is 2.21. The highest BCUT2D eigenvalue weighted by molar-refractivity contribution is 5.99. The van der Waals surface area contributed by atoms with E-state index in [-0.39, 0.29) is 11.4 Å². The average molecular weight is 384 g/mol. The van der Waals surface area contributed by atoms with Crippen molar-refractivity contribution in [2.24, 2.45) is 0 Å². The highest BCUT2D eigenvalue weighted by atomic mass is 16.3. The lowest BCUT2D eigenvalue weighted by molar-refractivity contribution is 0.0927. The summed E-state index contributed by atoms with van der Waals surface area (Å²) in [5.74, 6) is 0.128. The predicted molar refractivity (Wildman–Crippen MR) is 108 cm³/mol. The molecule has 1 fully saturated rings. The smallest absolute Gasteiger partial charge is 0.272 e. The Morgan fingerprint density at radius 3 is 2.52 bits per heavy atom. The van der Waals surface area contributed by atoms with Crippen molar-refractivity contribution in [3.8, 4) is 0 Å². The molecular weight excluding hydrogens is 364 g/mol. The van der Waals surface area contributed by atoms with Crippen LogP contribution in [0.4, 0.5) is 0 Å². The molecule has 1 saturated carbocycles. The molecule has 0 radical (unpaired) electrons. The van der Waals surface area contributed by atoms with Crippen molar-refractivity contribution in [3.05, 3.63) is 102 Å². The highest BCUT2D eigenvalue weighted by Crippen LogP contribution is 2.45. The summed E-state index contributed by atoms with van der Waals surface area (Å²) >= 11 is 0. The molecule has 0 spiro atoms. The minimum absolute atomic E-state index is 0.241. The number of carbonyl (C=O) groups is 1. The predicted octanol–water partition coefficient (Wildman–Crippen LogP) is 3.23. The van der Waals surface area contributed by atoms with Crippen LogP contribution < -0.4 is 5.32 Å². The molecule has 3 aromatic heterocycles. The molecule has 3 heterocycles. The third-order valence-corrected chi connectivity index (χ3v) is 5.43. The molecule has 2 N–H and O–H groups in total. The first-order chi connectivity index (χ1) is 14.2. The maximum atomic E-state index is 13.2. The van der Waals surface area contributed by atoms with Crippen LogP contribution in [0.25, 0.3) is 5.52 Å². The lowest BCUT2D eigenvalue weighted by atomic mass is 10.0. The number of rotatable bonds is 5. The van der Waals surface area contributed by atoms with Gasteiger partial charge in [0.25, 0.3) is 5.91 Å². The summed E-state index contributed by atoms with van der Waals surface area (Å²) in [6.07, 6.45) is 4.19. The van der Waals surface area contributed by atoms with Crippen molar-refractivity contribution < 1.29 is 9.90 Å². The number of pyridine rings is 2. The van der Waals surface area contributed by atoms with Gasteiger partial charge in [-0.1, -0.05) is 42.5 Å². The number of benzene rings is 1. The van der Waals surface area contributed by atoms with E-state index in [1.807, 2.05) is 54.6 Å². The fourth-order valence-corrected chi connectivity index (χ4v) is 3.74. The van der Waals surface area contributed by atoms with Gasteiger partial charge in [-0.25, -0.2) is 4.98 Å². The van der Waals surface area contributed by atoms with Crippen LogP contribution in [0, 0.1) is 0 Å². The van der Waals surface area contributed by atoms with E-state index in [1.54, 1.807) is 28.9 Å². The molecule has 144 valence electrons. The molecule has 0 saturated heterocycles. The number of aliphatic hydroxyl groups is 1. The Morgan fingerprint density at radius 2 is 1.79 bits per heavy atom. The zero-order chi connectivity index (χ0) is 19.8. The Bertz CT molecular complexity index is 1170. The first kappa shape index (κ1) is 17.6. The van der Waals surface area contributed by atoms with Gasteiger partial charge < -0.3 is 14.8 Å². The number of carbonyl (C=O) groups excluding carboxylic acids is 1. The monoisotopic (exact) mass is 384 g/mol. The number of aliphatic hydroxyl groups excluding tert-OH is 1. The van der Waals surface area contributed by atoms with E-state index in [9.17, 15) is 9.90 Å². The fourth-order valence-electron chi connectivity index (χ4n) is 3.74. The molecule has 4 aromatic rings. The summed E-state index contributed by atoms with van der Waals surface area (Å²) in [6, 6.07) is 20.9. The second kappa shape index (κ2) is 6.83. The van der Waals surface area contributed by atoms with Crippen molar-refractivity contribution in [2.45, 2.75) is 24.5 Å². The molecule has 1 atom stereocenters. The minimum atomic E-state index is -1.03. The van der Waals surface area contributed by atoms with Crippen molar-refractivity contribution in [1.29, 1.82) is 0 Å². The molecule has 1 aromatic carbocycles. The quantitative estimate of drug-likeness (QED) is 0.554. The molecule has 29 heavy (non-hydrogen) atoms. The van der Waals surface area contributed by atoms with Gasteiger partial charge in [0.1, 0.15) is 5.82 Å². The third-order valence-electron chi connectivity index (χ3n) is 5.43. The first-order valence-corrected chi connectivity index (χ1v) is 9.62. The number of nitrogens with one attached hydrogen (secondary N) is 1. The Morgan fingerprint density at radius 1 is 1.03 bits per heavy atom. The topological polar surface area (TPSA) is 79.5 Å². The van der Waals surface area contributed by atoms with Crippen LogP contribution in [0.1, 0.15) is 46.5 Å². The van der Waals surface area contributed by atoms with Gasteiger partial charge in [0.2, 0.25) is 0 Å². The van der Waals surface area contributed by atoms with Crippen molar-refractivity contribution >= 4 is 11.4 Å². The zero-order valence-electron chi connectivity index (χ0n) is 15.7.